The van der Waals surface area contributed by atoms with Crippen molar-refractivity contribution in [3.63, 3.8) is 0 Å². The lowest BCUT2D eigenvalue weighted by molar-refractivity contribution is -0.116. The molecule has 0 spiro atoms. The fourth-order valence-electron chi connectivity index (χ4n) is 2.06. The molecule has 116 valence electrons. The lowest BCUT2D eigenvalue weighted by atomic mass is 10.1. The minimum Gasteiger partial charge on any atom is -0.368 e. The molecule has 2 aromatic carbocycles. The van der Waals surface area contributed by atoms with Crippen molar-refractivity contribution in [1.29, 1.82) is 0 Å². The van der Waals surface area contributed by atoms with E-state index in [-0.39, 0.29) is 4.90 Å². The Morgan fingerprint density at radius 2 is 1.68 bits per heavy atom. The molecule has 0 saturated heterocycles. The van der Waals surface area contributed by atoms with Crippen LogP contribution in [-0.4, -0.2) is 20.9 Å². The third kappa shape index (κ3) is 3.28. The molecule has 2 N–H and O–H groups in total. The smallest absolute Gasteiger partial charge is 0.264 e. The van der Waals surface area contributed by atoms with Crippen molar-refractivity contribution in [2.75, 3.05) is 10.8 Å². The Kier molecular flexibility index (Phi) is 4.51. The van der Waals surface area contributed by atoms with Crippen molar-refractivity contribution in [1.82, 2.24) is 0 Å². The lowest BCUT2D eigenvalue weighted by Gasteiger charge is -2.23. The first-order chi connectivity index (χ1) is 10.3. The first-order valence-electron chi connectivity index (χ1n) is 6.75. The Morgan fingerprint density at radius 3 is 2.23 bits per heavy atom. The Bertz CT molecular complexity index is 786. The van der Waals surface area contributed by atoms with Crippen LogP contribution < -0.4 is 10.0 Å². The molecule has 2 rings (SSSR count). The zero-order valence-corrected chi connectivity index (χ0v) is 13.3. The van der Waals surface area contributed by atoms with Gasteiger partial charge in [-0.1, -0.05) is 24.3 Å². The average Bonchev–Trinajstić information content (AvgIpc) is 2.48. The summed E-state index contributed by atoms with van der Waals surface area (Å²) in [7, 11) is -3.85. The van der Waals surface area contributed by atoms with Crippen molar-refractivity contribution in [2.45, 2.75) is 18.7 Å². The van der Waals surface area contributed by atoms with E-state index in [1.165, 1.54) is 12.1 Å². The minimum atomic E-state index is -3.85. The van der Waals surface area contributed by atoms with Crippen molar-refractivity contribution in [3.8, 4) is 0 Å². The van der Waals surface area contributed by atoms with Gasteiger partial charge in [0.2, 0.25) is 5.91 Å². The first kappa shape index (κ1) is 16.0. The largest absolute Gasteiger partial charge is 0.368 e. The van der Waals surface area contributed by atoms with Crippen LogP contribution in [0.25, 0.3) is 0 Å². The highest BCUT2D eigenvalue weighted by atomic mass is 32.2. The molecule has 0 saturated carbocycles. The molecule has 22 heavy (non-hydrogen) atoms. The Hall–Kier alpha value is -2.34. The van der Waals surface area contributed by atoms with Gasteiger partial charge in [0.15, 0.2) is 0 Å². The first-order valence-corrected chi connectivity index (χ1v) is 8.19. The predicted octanol–water partition coefficient (Wildman–Crippen LogP) is 1.98. The van der Waals surface area contributed by atoms with Crippen LogP contribution in [-0.2, 0) is 14.8 Å². The molecule has 5 nitrogen and oxygen atoms in total. The maximum atomic E-state index is 12.8. The number of carbonyl (C=O) groups is 1. The number of nitrogens with two attached hydrogens (primary N) is 1. The van der Waals surface area contributed by atoms with E-state index in [1.807, 2.05) is 19.9 Å². The molecular formula is C16H18N2O3S. The molecule has 0 unspecified atom stereocenters. The molecule has 0 heterocycles. The van der Waals surface area contributed by atoms with E-state index in [1.54, 1.807) is 30.3 Å². The number of hydrogen-bond acceptors (Lipinski definition) is 3. The molecule has 0 aliphatic carbocycles. The van der Waals surface area contributed by atoms with Gasteiger partial charge in [-0.15, -0.1) is 0 Å². The summed E-state index contributed by atoms with van der Waals surface area (Å²) in [5, 5.41) is 0. The third-order valence-electron chi connectivity index (χ3n) is 3.41. The summed E-state index contributed by atoms with van der Waals surface area (Å²) < 4.78 is 26.6. The molecule has 0 bridgehead atoms. The number of rotatable bonds is 5. The molecule has 0 aliphatic rings. The maximum absolute atomic E-state index is 12.8. The number of hydrogen-bond donors (Lipinski definition) is 1. The summed E-state index contributed by atoms with van der Waals surface area (Å²) in [6, 6.07) is 13.2. The van der Waals surface area contributed by atoms with Crippen LogP contribution in [0.2, 0.25) is 0 Å². The van der Waals surface area contributed by atoms with Crippen molar-refractivity contribution < 1.29 is 13.2 Å². The van der Waals surface area contributed by atoms with Gasteiger partial charge in [0.1, 0.15) is 6.54 Å². The summed E-state index contributed by atoms with van der Waals surface area (Å²) in [5.74, 6) is -0.710. The van der Waals surface area contributed by atoms with Gasteiger partial charge < -0.3 is 5.73 Å². The topological polar surface area (TPSA) is 80.5 Å². The summed E-state index contributed by atoms with van der Waals surface area (Å²) in [4.78, 5) is 11.4. The molecule has 1 amide bonds. The highest BCUT2D eigenvalue weighted by molar-refractivity contribution is 7.92. The maximum Gasteiger partial charge on any atom is 0.264 e. The summed E-state index contributed by atoms with van der Waals surface area (Å²) in [5.41, 5.74) is 7.63. The van der Waals surface area contributed by atoms with Crippen LogP contribution in [0.15, 0.2) is 53.4 Å². The number of nitrogens with zero attached hydrogens (tertiary/aromatic N) is 1. The SMILES string of the molecule is Cc1ccc(N(CC(N)=O)S(=O)(=O)c2ccccc2)cc1C. The molecule has 0 aromatic heterocycles. The van der Waals surface area contributed by atoms with Gasteiger partial charge in [0, 0.05) is 0 Å². The zero-order valence-electron chi connectivity index (χ0n) is 12.5. The average molecular weight is 318 g/mol. The molecule has 0 atom stereocenters. The molecule has 0 aliphatic heterocycles. The van der Waals surface area contributed by atoms with Gasteiger partial charge in [0.05, 0.1) is 10.6 Å². The van der Waals surface area contributed by atoms with E-state index in [4.69, 9.17) is 5.73 Å². The fourth-order valence-corrected chi connectivity index (χ4v) is 3.50. The second-order valence-electron chi connectivity index (χ2n) is 5.06. The Morgan fingerprint density at radius 1 is 1.05 bits per heavy atom. The Balaban J connectivity index is 2.55. The summed E-state index contributed by atoms with van der Waals surface area (Å²) in [6.07, 6.45) is 0. The molecule has 6 heteroatoms. The van der Waals surface area contributed by atoms with Gasteiger partial charge in [-0.25, -0.2) is 8.42 Å². The van der Waals surface area contributed by atoms with Gasteiger partial charge >= 0.3 is 0 Å². The molecule has 2 aromatic rings. The predicted molar refractivity (Wildman–Crippen MR) is 86.1 cm³/mol. The van der Waals surface area contributed by atoms with Crippen molar-refractivity contribution in [3.05, 3.63) is 59.7 Å². The number of aryl methyl sites for hydroxylation is 2. The molecular weight excluding hydrogens is 300 g/mol. The monoisotopic (exact) mass is 318 g/mol. The van der Waals surface area contributed by atoms with E-state index < -0.39 is 22.5 Å². The molecule has 0 fully saturated rings. The number of sulfonamides is 1. The standard InChI is InChI=1S/C16H18N2O3S/c1-12-8-9-14(10-13(12)2)18(11-16(17)19)22(20,21)15-6-4-3-5-7-15/h3-10H,11H2,1-2H3,(H2,17,19). The third-order valence-corrected chi connectivity index (χ3v) is 5.20. The zero-order chi connectivity index (χ0) is 16.3. The fraction of sp³-hybridized carbons (Fsp3) is 0.188. The normalized spacial score (nSPS) is 11.2. The highest BCUT2D eigenvalue weighted by Gasteiger charge is 2.26. The Labute approximate surface area is 130 Å². The van der Waals surface area contributed by atoms with Gasteiger partial charge in [0.25, 0.3) is 10.0 Å². The van der Waals surface area contributed by atoms with Crippen LogP contribution in [0.4, 0.5) is 5.69 Å². The summed E-state index contributed by atoms with van der Waals surface area (Å²) in [6.45, 7) is 3.42. The van der Waals surface area contributed by atoms with Crippen LogP contribution in [0.1, 0.15) is 11.1 Å². The van der Waals surface area contributed by atoms with Gasteiger partial charge in [-0.05, 0) is 49.2 Å². The van der Waals surface area contributed by atoms with E-state index >= 15 is 0 Å². The lowest BCUT2D eigenvalue weighted by Crippen LogP contribution is -2.38. The van der Waals surface area contributed by atoms with Crippen LogP contribution >= 0.6 is 0 Å². The highest BCUT2D eigenvalue weighted by Crippen LogP contribution is 2.25. The van der Waals surface area contributed by atoms with Gasteiger partial charge in [-0.2, -0.15) is 0 Å². The number of primary amides is 1. The second kappa shape index (κ2) is 6.19. The number of carbonyl (C=O) groups excluding carboxylic acids is 1. The quantitative estimate of drug-likeness (QED) is 0.915. The molecule has 0 radical (unpaired) electrons. The van der Waals surface area contributed by atoms with E-state index in [2.05, 4.69) is 0 Å². The van der Waals surface area contributed by atoms with Crippen LogP contribution in [0.3, 0.4) is 0 Å². The number of amides is 1. The summed E-state index contributed by atoms with van der Waals surface area (Å²) >= 11 is 0. The minimum absolute atomic E-state index is 0.120. The van der Waals surface area contributed by atoms with E-state index in [0.717, 1.165) is 15.4 Å². The van der Waals surface area contributed by atoms with E-state index in [9.17, 15) is 13.2 Å². The van der Waals surface area contributed by atoms with E-state index in [0.29, 0.717) is 5.69 Å². The van der Waals surface area contributed by atoms with Crippen LogP contribution in [0.5, 0.6) is 0 Å². The number of anilines is 1. The van der Waals surface area contributed by atoms with Crippen molar-refractivity contribution >= 4 is 21.6 Å². The van der Waals surface area contributed by atoms with Gasteiger partial charge in [-0.3, -0.25) is 9.10 Å². The van der Waals surface area contributed by atoms with Crippen molar-refractivity contribution in [2.24, 2.45) is 5.73 Å². The number of benzene rings is 2. The van der Waals surface area contributed by atoms with Crippen LogP contribution in [0, 0.1) is 13.8 Å². The second-order valence-corrected chi connectivity index (χ2v) is 6.92.